The summed E-state index contributed by atoms with van der Waals surface area (Å²) in [4.78, 5) is 34.9. The fraction of sp³-hybridized carbons (Fsp3) is 0.567. The first-order valence-electron chi connectivity index (χ1n) is 14.5. The molecule has 14 heteroatoms. The third-order valence-corrected chi connectivity index (χ3v) is 6.93. The van der Waals surface area contributed by atoms with Crippen LogP contribution in [0.25, 0.3) is 5.69 Å². The van der Waals surface area contributed by atoms with Gasteiger partial charge in [-0.1, -0.05) is 31.2 Å². The van der Waals surface area contributed by atoms with Crippen LogP contribution >= 0.6 is 0 Å². The van der Waals surface area contributed by atoms with Crippen molar-refractivity contribution >= 4 is 17.8 Å². The fourth-order valence-corrected chi connectivity index (χ4v) is 4.91. The van der Waals surface area contributed by atoms with Gasteiger partial charge in [-0.2, -0.15) is 0 Å². The first-order chi connectivity index (χ1) is 21.0. The SMILES string of the molecule is COCCCCc1c(C(=O)N(CC(C)C)[C@@H]2CNC[C@H](C(O)COC)C2)nnn1-c1ccccc1F.O=C(O)/C=C/C(=O)O. The summed E-state index contributed by atoms with van der Waals surface area (Å²) < 4.78 is 26.4. The monoisotopic (exact) mass is 621 g/mol. The second-order valence-corrected chi connectivity index (χ2v) is 10.9. The number of aliphatic hydroxyl groups excluding tert-OH is 1. The molecule has 2 aromatic rings. The number of aromatic nitrogens is 3. The van der Waals surface area contributed by atoms with Gasteiger partial charge in [0.25, 0.3) is 5.91 Å². The summed E-state index contributed by atoms with van der Waals surface area (Å²) in [6, 6.07) is 6.24. The summed E-state index contributed by atoms with van der Waals surface area (Å²) in [6.45, 7) is 6.81. The highest BCUT2D eigenvalue weighted by Crippen LogP contribution is 2.25. The van der Waals surface area contributed by atoms with E-state index >= 15 is 0 Å². The Morgan fingerprint density at radius 1 is 1.11 bits per heavy atom. The molecule has 0 bridgehead atoms. The van der Waals surface area contributed by atoms with Crippen LogP contribution in [0.15, 0.2) is 36.4 Å². The molecule has 13 nitrogen and oxygen atoms in total. The molecule has 1 aliphatic heterocycles. The molecular formula is C30H44FN5O8. The number of hydrogen-bond donors (Lipinski definition) is 4. The lowest BCUT2D eigenvalue weighted by Crippen LogP contribution is -2.54. The van der Waals surface area contributed by atoms with Gasteiger partial charge in [-0.3, -0.25) is 4.79 Å². The molecule has 2 heterocycles. The average molecular weight is 622 g/mol. The zero-order valence-electron chi connectivity index (χ0n) is 25.7. The van der Waals surface area contributed by atoms with Crippen molar-refractivity contribution in [3.05, 3.63) is 53.6 Å². The molecule has 1 aromatic heterocycles. The zero-order chi connectivity index (χ0) is 32.6. The summed E-state index contributed by atoms with van der Waals surface area (Å²) >= 11 is 0. The summed E-state index contributed by atoms with van der Waals surface area (Å²) in [5.41, 5.74) is 1.11. The number of nitrogens with zero attached hydrogens (tertiary/aromatic N) is 4. The van der Waals surface area contributed by atoms with Crippen LogP contribution in [0.5, 0.6) is 0 Å². The maximum Gasteiger partial charge on any atom is 0.328 e. The van der Waals surface area contributed by atoms with E-state index in [2.05, 4.69) is 29.5 Å². The molecule has 1 amide bonds. The number of halogens is 1. The first kappa shape index (κ1) is 36.5. The number of benzene rings is 1. The Balaban J connectivity index is 0.000000742. The van der Waals surface area contributed by atoms with E-state index in [1.807, 2.05) is 4.90 Å². The van der Waals surface area contributed by atoms with Crippen molar-refractivity contribution < 1.29 is 43.6 Å². The van der Waals surface area contributed by atoms with Crippen molar-refractivity contribution in [1.82, 2.24) is 25.2 Å². The van der Waals surface area contributed by atoms with Gasteiger partial charge in [-0.05, 0) is 43.7 Å². The number of unbranched alkanes of at least 4 members (excludes halogenated alkanes) is 1. The molecule has 44 heavy (non-hydrogen) atoms. The molecule has 3 rings (SSSR count). The smallest absolute Gasteiger partial charge is 0.328 e. The molecule has 1 saturated heterocycles. The summed E-state index contributed by atoms with van der Waals surface area (Å²) in [5.74, 6) is -2.97. The number of amides is 1. The number of carboxylic acids is 2. The Morgan fingerprint density at radius 2 is 1.80 bits per heavy atom. The van der Waals surface area contributed by atoms with Crippen LogP contribution in [0, 0.1) is 17.7 Å². The number of para-hydroxylation sites is 1. The van der Waals surface area contributed by atoms with Gasteiger partial charge in [-0.15, -0.1) is 5.10 Å². The molecule has 1 aromatic carbocycles. The number of nitrogens with one attached hydrogen (secondary N) is 1. The Morgan fingerprint density at radius 3 is 2.39 bits per heavy atom. The maximum absolute atomic E-state index is 14.7. The van der Waals surface area contributed by atoms with Crippen molar-refractivity contribution in [3.8, 4) is 5.69 Å². The molecule has 1 aliphatic rings. The lowest BCUT2D eigenvalue weighted by Gasteiger charge is -2.40. The lowest BCUT2D eigenvalue weighted by atomic mass is 9.89. The van der Waals surface area contributed by atoms with E-state index in [0.29, 0.717) is 56.9 Å². The Hall–Kier alpha value is -3.72. The fourth-order valence-electron chi connectivity index (χ4n) is 4.91. The Kier molecular flexibility index (Phi) is 15.6. The second-order valence-electron chi connectivity index (χ2n) is 10.9. The van der Waals surface area contributed by atoms with Crippen molar-refractivity contribution in [2.24, 2.45) is 11.8 Å². The molecule has 4 N–H and O–H groups in total. The predicted molar refractivity (Wildman–Crippen MR) is 159 cm³/mol. The number of carbonyl (C=O) groups excluding carboxylic acids is 1. The van der Waals surface area contributed by atoms with E-state index < -0.39 is 23.9 Å². The van der Waals surface area contributed by atoms with E-state index in [1.165, 1.54) is 10.7 Å². The van der Waals surface area contributed by atoms with Gasteiger partial charge < -0.3 is 35.0 Å². The van der Waals surface area contributed by atoms with Crippen molar-refractivity contribution in [1.29, 1.82) is 0 Å². The van der Waals surface area contributed by atoms with E-state index in [0.717, 1.165) is 12.8 Å². The van der Waals surface area contributed by atoms with Gasteiger partial charge in [-0.25, -0.2) is 18.7 Å². The maximum atomic E-state index is 14.7. The number of carboxylic acid groups (broad SMARTS) is 2. The van der Waals surface area contributed by atoms with Crippen molar-refractivity contribution in [3.63, 3.8) is 0 Å². The second kappa shape index (κ2) is 18.8. The number of hydrogen-bond acceptors (Lipinski definition) is 9. The molecule has 1 fully saturated rings. The molecule has 0 radical (unpaired) electrons. The van der Waals surface area contributed by atoms with Gasteiger partial charge in [0.2, 0.25) is 0 Å². The van der Waals surface area contributed by atoms with Gasteiger partial charge in [0.1, 0.15) is 11.5 Å². The minimum atomic E-state index is -1.26. The lowest BCUT2D eigenvalue weighted by molar-refractivity contribution is -0.134. The third kappa shape index (κ3) is 11.4. The van der Waals surface area contributed by atoms with Gasteiger partial charge >= 0.3 is 11.9 Å². The highest BCUT2D eigenvalue weighted by atomic mass is 19.1. The molecule has 0 aliphatic carbocycles. The summed E-state index contributed by atoms with van der Waals surface area (Å²) in [6.07, 6.45) is 3.22. The van der Waals surface area contributed by atoms with E-state index in [-0.39, 0.29) is 41.8 Å². The van der Waals surface area contributed by atoms with E-state index in [4.69, 9.17) is 19.7 Å². The van der Waals surface area contributed by atoms with E-state index in [1.54, 1.807) is 32.4 Å². The largest absolute Gasteiger partial charge is 0.478 e. The molecule has 244 valence electrons. The zero-order valence-corrected chi connectivity index (χ0v) is 25.7. The standard InChI is InChI=1S/C26H40FN5O4.C4H4O4/c1-18(2)16-31(20-13-19(14-28-15-20)24(33)17-36-4)26(34)25-23(11-7-8-12-35-3)32(30-29-25)22-10-6-5-9-21(22)27;5-3(6)1-2-4(7)8/h5-6,9-10,18-20,24,28,33H,7-8,11-17H2,1-4H3;1-2H,(H,5,6)(H,7,8)/b;2-1+/t19-,20+,24?;/m1./s1. The first-order valence-corrected chi connectivity index (χ1v) is 14.5. The minimum absolute atomic E-state index is 0.0335. The molecular weight excluding hydrogens is 577 g/mol. The number of carbonyl (C=O) groups is 3. The van der Waals surface area contributed by atoms with Crippen LogP contribution in [-0.2, 0) is 25.5 Å². The van der Waals surface area contributed by atoms with Gasteiger partial charge in [0.05, 0.1) is 18.4 Å². The molecule has 1 unspecified atom stereocenters. The van der Waals surface area contributed by atoms with Gasteiger partial charge in [0.15, 0.2) is 5.69 Å². The average Bonchev–Trinajstić information content (AvgIpc) is 3.41. The van der Waals surface area contributed by atoms with Crippen LogP contribution in [0.1, 0.15) is 49.3 Å². The highest BCUT2D eigenvalue weighted by Gasteiger charge is 2.35. The number of piperidine rings is 1. The van der Waals surface area contributed by atoms with Crippen molar-refractivity contribution in [2.75, 3.05) is 47.1 Å². The number of aliphatic hydroxyl groups is 1. The number of methoxy groups -OCH3 is 2. The Bertz CT molecular complexity index is 1220. The highest BCUT2D eigenvalue weighted by molar-refractivity contribution is 5.93. The third-order valence-electron chi connectivity index (χ3n) is 6.93. The molecule has 0 spiro atoms. The summed E-state index contributed by atoms with van der Waals surface area (Å²) in [7, 11) is 3.22. The number of ether oxygens (including phenoxy) is 2. The van der Waals surface area contributed by atoms with Crippen LogP contribution in [0.3, 0.4) is 0 Å². The topological polar surface area (TPSA) is 176 Å². The minimum Gasteiger partial charge on any atom is -0.478 e. The summed E-state index contributed by atoms with van der Waals surface area (Å²) in [5, 5.41) is 38.0. The predicted octanol–water partition coefficient (Wildman–Crippen LogP) is 2.17. The van der Waals surface area contributed by atoms with E-state index in [9.17, 15) is 23.9 Å². The Labute approximate surface area is 256 Å². The van der Waals surface area contributed by atoms with Crippen LogP contribution < -0.4 is 5.32 Å². The number of rotatable bonds is 15. The van der Waals surface area contributed by atoms with Crippen LogP contribution in [-0.4, -0.2) is 112 Å². The van der Waals surface area contributed by atoms with Crippen LogP contribution in [0.4, 0.5) is 4.39 Å². The van der Waals surface area contributed by atoms with Gasteiger partial charge in [0, 0.05) is 64.6 Å². The van der Waals surface area contributed by atoms with Crippen molar-refractivity contribution in [2.45, 2.75) is 51.7 Å². The molecule has 3 atom stereocenters. The molecule has 0 saturated carbocycles. The number of aliphatic carboxylic acids is 2. The normalized spacial score (nSPS) is 17.2. The quantitative estimate of drug-likeness (QED) is 0.169. The van der Waals surface area contributed by atoms with Crippen LogP contribution in [0.2, 0.25) is 0 Å².